The average Bonchev–Trinajstić information content (AvgIpc) is 2.02. The summed E-state index contributed by atoms with van der Waals surface area (Å²) in [6.45, 7) is 5.65. The fourth-order valence-corrected chi connectivity index (χ4v) is 0.686. The summed E-state index contributed by atoms with van der Waals surface area (Å²) >= 11 is 4.23. The van der Waals surface area contributed by atoms with Crippen molar-refractivity contribution in [3.8, 4) is 0 Å². The molecule has 0 aliphatic carbocycles. The second kappa shape index (κ2) is 10.0. The zero-order chi connectivity index (χ0) is 10.7. The number of hydrogen-bond acceptors (Lipinski definition) is 4. The molecule has 0 amide bonds. The second-order valence-corrected chi connectivity index (χ2v) is 4.62. The van der Waals surface area contributed by atoms with Gasteiger partial charge in [-0.05, 0) is 13.5 Å². The van der Waals surface area contributed by atoms with Gasteiger partial charge in [0.15, 0.2) is 0 Å². The first-order valence-corrected chi connectivity index (χ1v) is 4.93. The first-order valence-electron chi connectivity index (χ1n) is 4.48. The molecule has 0 rings (SSSR count). The zero-order valence-electron chi connectivity index (χ0n) is 8.84. The van der Waals surface area contributed by atoms with E-state index < -0.39 is 0 Å². The van der Waals surface area contributed by atoms with E-state index in [4.69, 9.17) is 5.73 Å². The standard InChI is InChI=1S/C6H12OS.C3H10N2/c1-6(2,8)4-3-5-7;1-5-3-2-4/h5,8H,3-4H2,1-2H3;5H,2-4H2,1H3. The Balaban J connectivity index is 0. The largest absolute Gasteiger partial charge is 0.329 e. The van der Waals surface area contributed by atoms with E-state index in [-0.39, 0.29) is 4.75 Å². The van der Waals surface area contributed by atoms with Crippen molar-refractivity contribution in [3.63, 3.8) is 0 Å². The Morgan fingerprint density at radius 2 is 2.08 bits per heavy atom. The van der Waals surface area contributed by atoms with Gasteiger partial charge >= 0.3 is 0 Å². The third-order valence-corrected chi connectivity index (χ3v) is 1.49. The molecule has 0 saturated carbocycles. The molecule has 0 aromatic heterocycles. The van der Waals surface area contributed by atoms with E-state index in [1.807, 2.05) is 20.9 Å². The molecule has 0 bridgehead atoms. The van der Waals surface area contributed by atoms with E-state index in [2.05, 4.69) is 17.9 Å². The van der Waals surface area contributed by atoms with E-state index in [1.54, 1.807) is 0 Å². The number of hydrogen-bond donors (Lipinski definition) is 3. The number of carbonyl (C=O) groups is 1. The Hall–Kier alpha value is -0.0600. The maximum Gasteiger partial charge on any atom is 0.120 e. The summed E-state index contributed by atoms with van der Waals surface area (Å²) in [6.07, 6.45) is 2.41. The molecular formula is C9H22N2OS. The molecule has 3 N–H and O–H groups in total. The van der Waals surface area contributed by atoms with Crippen LogP contribution < -0.4 is 11.1 Å². The molecular weight excluding hydrogens is 184 g/mol. The number of thiol groups is 1. The number of carbonyl (C=O) groups excluding carboxylic acids is 1. The van der Waals surface area contributed by atoms with Crippen LogP contribution in [0.25, 0.3) is 0 Å². The van der Waals surface area contributed by atoms with Gasteiger partial charge in [0.05, 0.1) is 0 Å². The molecule has 0 unspecified atom stereocenters. The summed E-state index contributed by atoms with van der Waals surface area (Å²) in [5.41, 5.74) is 5.08. The van der Waals surface area contributed by atoms with Crippen LogP contribution in [0.3, 0.4) is 0 Å². The van der Waals surface area contributed by atoms with Gasteiger partial charge in [0, 0.05) is 24.3 Å². The summed E-state index contributed by atoms with van der Waals surface area (Å²) < 4.78 is 0.0148. The van der Waals surface area contributed by atoms with E-state index in [0.29, 0.717) is 6.42 Å². The molecule has 0 aromatic rings. The summed E-state index contributed by atoms with van der Waals surface area (Å²) in [4.78, 5) is 9.82. The molecule has 0 radical (unpaired) electrons. The van der Waals surface area contributed by atoms with Crippen molar-refractivity contribution in [3.05, 3.63) is 0 Å². The van der Waals surface area contributed by atoms with Gasteiger partial charge in [-0.25, -0.2) is 0 Å². The van der Waals surface area contributed by atoms with Crippen LogP contribution >= 0.6 is 12.6 Å². The summed E-state index contributed by atoms with van der Waals surface area (Å²) in [6, 6.07) is 0. The Labute approximate surface area is 86.9 Å². The van der Waals surface area contributed by atoms with Gasteiger partial charge in [0.1, 0.15) is 6.29 Å². The van der Waals surface area contributed by atoms with Crippen LogP contribution in [0.2, 0.25) is 0 Å². The van der Waals surface area contributed by atoms with Crippen LogP contribution in [0.15, 0.2) is 0 Å². The van der Waals surface area contributed by atoms with Gasteiger partial charge in [-0.15, -0.1) is 0 Å². The molecule has 0 fully saturated rings. The van der Waals surface area contributed by atoms with Gasteiger partial charge in [-0.2, -0.15) is 12.6 Å². The molecule has 4 heteroatoms. The maximum atomic E-state index is 9.82. The molecule has 0 saturated heterocycles. The minimum absolute atomic E-state index is 0.0148. The lowest BCUT2D eigenvalue weighted by Crippen LogP contribution is -2.17. The fraction of sp³-hybridized carbons (Fsp3) is 0.889. The highest BCUT2D eigenvalue weighted by atomic mass is 32.1. The van der Waals surface area contributed by atoms with Crippen molar-refractivity contribution in [1.82, 2.24) is 5.32 Å². The number of aldehydes is 1. The lowest BCUT2D eigenvalue weighted by molar-refractivity contribution is -0.108. The van der Waals surface area contributed by atoms with Crippen LogP contribution in [-0.2, 0) is 4.79 Å². The summed E-state index contributed by atoms with van der Waals surface area (Å²) in [5, 5.41) is 2.89. The van der Waals surface area contributed by atoms with Gasteiger partial charge < -0.3 is 15.8 Å². The second-order valence-electron chi connectivity index (χ2n) is 3.41. The molecule has 0 aromatic carbocycles. The van der Waals surface area contributed by atoms with Gasteiger partial charge in [0.2, 0.25) is 0 Å². The van der Waals surface area contributed by atoms with E-state index in [9.17, 15) is 4.79 Å². The van der Waals surface area contributed by atoms with Gasteiger partial charge in [0.25, 0.3) is 0 Å². The maximum absolute atomic E-state index is 9.82. The van der Waals surface area contributed by atoms with Crippen molar-refractivity contribution in [2.24, 2.45) is 5.73 Å². The molecule has 0 aliphatic heterocycles. The van der Waals surface area contributed by atoms with Crippen molar-refractivity contribution < 1.29 is 4.79 Å². The lowest BCUT2D eigenvalue weighted by Gasteiger charge is -2.13. The number of nitrogens with two attached hydrogens (primary N) is 1. The average molecular weight is 206 g/mol. The molecule has 3 nitrogen and oxygen atoms in total. The first kappa shape index (κ1) is 15.4. The molecule has 80 valence electrons. The first-order chi connectivity index (χ1) is 5.97. The van der Waals surface area contributed by atoms with Gasteiger partial charge in [-0.1, -0.05) is 13.8 Å². The summed E-state index contributed by atoms with van der Waals surface area (Å²) in [5.74, 6) is 0. The Morgan fingerprint density at radius 3 is 2.15 bits per heavy atom. The van der Waals surface area contributed by atoms with E-state index in [1.165, 1.54) is 0 Å². The molecule has 13 heavy (non-hydrogen) atoms. The predicted molar refractivity (Wildman–Crippen MR) is 61.3 cm³/mol. The zero-order valence-corrected chi connectivity index (χ0v) is 9.73. The normalized spacial score (nSPS) is 10.2. The number of likely N-dealkylation sites (N-methyl/N-ethyl adjacent to an activating group) is 1. The van der Waals surface area contributed by atoms with Crippen LogP contribution in [0.1, 0.15) is 26.7 Å². The Kier molecular flexibility index (Phi) is 11.9. The minimum atomic E-state index is 0.0148. The van der Waals surface area contributed by atoms with Crippen LogP contribution in [0.5, 0.6) is 0 Å². The monoisotopic (exact) mass is 206 g/mol. The van der Waals surface area contributed by atoms with Gasteiger partial charge in [-0.3, -0.25) is 0 Å². The quantitative estimate of drug-likeness (QED) is 0.461. The third kappa shape index (κ3) is 24.5. The predicted octanol–water partition coefficient (Wildman–Crippen LogP) is 0.838. The molecule has 0 atom stereocenters. The number of rotatable bonds is 5. The molecule has 0 spiro atoms. The van der Waals surface area contributed by atoms with E-state index in [0.717, 1.165) is 25.8 Å². The van der Waals surface area contributed by atoms with Crippen molar-refractivity contribution in [2.45, 2.75) is 31.4 Å². The van der Waals surface area contributed by atoms with Crippen LogP contribution in [0, 0.1) is 0 Å². The molecule has 0 heterocycles. The third-order valence-electron chi connectivity index (χ3n) is 1.27. The van der Waals surface area contributed by atoms with Crippen LogP contribution in [-0.4, -0.2) is 31.2 Å². The topological polar surface area (TPSA) is 55.1 Å². The highest BCUT2D eigenvalue weighted by molar-refractivity contribution is 7.81. The van der Waals surface area contributed by atoms with Crippen LogP contribution in [0.4, 0.5) is 0 Å². The minimum Gasteiger partial charge on any atom is -0.329 e. The fourth-order valence-electron chi connectivity index (χ4n) is 0.556. The molecule has 0 aliphatic rings. The number of nitrogens with one attached hydrogen (secondary N) is 1. The SMILES string of the molecule is CC(C)(S)CCC=O.CNCCN. The summed E-state index contributed by atoms with van der Waals surface area (Å²) in [7, 11) is 1.88. The smallest absolute Gasteiger partial charge is 0.120 e. The Morgan fingerprint density at radius 1 is 1.54 bits per heavy atom. The highest BCUT2D eigenvalue weighted by Gasteiger charge is 2.08. The van der Waals surface area contributed by atoms with Crippen molar-refractivity contribution in [1.29, 1.82) is 0 Å². The highest BCUT2D eigenvalue weighted by Crippen LogP contribution is 2.17. The van der Waals surface area contributed by atoms with Crippen molar-refractivity contribution in [2.75, 3.05) is 20.1 Å². The van der Waals surface area contributed by atoms with Crippen molar-refractivity contribution >= 4 is 18.9 Å². The Bertz CT molecular complexity index is 111. The van der Waals surface area contributed by atoms with E-state index >= 15 is 0 Å². The lowest BCUT2D eigenvalue weighted by atomic mass is 10.1.